The predicted octanol–water partition coefficient (Wildman–Crippen LogP) is 2.81. The molecule has 0 aliphatic carbocycles. The standard InChI is InChI=1S/C19H22ClN3O3S/c1-13-10-14(2)18(15(3)11-13)27(25,26)23-8-6-22(7-9-23)19(24)17-12-16(20)4-5-21-17/h4-5,10-12H,6-9H2,1-3H3. The second kappa shape index (κ2) is 7.58. The first-order chi connectivity index (χ1) is 12.7. The Morgan fingerprint density at radius 2 is 1.63 bits per heavy atom. The van der Waals surface area contributed by atoms with Gasteiger partial charge in [-0.1, -0.05) is 29.3 Å². The fourth-order valence-electron chi connectivity index (χ4n) is 3.52. The molecule has 0 N–H and O–H groups in total. The van der Waals surface area contributed by atoms with Crippen LogP contribution in [0.5, 0.6) is 0 Å². The molecular formula is C19H22ClN3O3S. The number of rotatable bonds is 3. The molecule has 1 aromatic carbocycles. The summed E-state index contributed by atoms with van der Waals surface area (Å²) in [4.78, 5) is 18.6. The summed E-state index contributed by atoms with van der Waals surface area (Å²) in [5.41, 5.74) is 2.79. The number of amides is 1. The van der Waals surface area contributed by atoms with Crippen LogP contribution in [0.25, 0.3) is 0 Å². The van der Waals surface area contributed by atoms with Crippen LogP contribution in [0.4, 0.5) is 0 Å². The zero-order valence-corrected chi connectivity index (χ0v) is 17.1. The first-order valence-corrected chi connectivity index (χ1v) is 10.5. The molecule has 1 aromatic heterocycles. The number of aromatic nitrogens is 1. The van der Waals surface area contributed by atoms with Crippen molar-refractivity contribution in [1.82, 2.24) is 14.2 Å². The van der Waals surface area contributed by atoms with E-state index in [1.165, 1.54) is 16.6 Å². The summed E-state index contributed by atoms with van der Waals surface area (Å²) in [6, 6.07) is 6.88. The van der Waals surface area contributed by atoms with Gasteiger partial charge >= 0.3 is 0 Å². The Bertz CT molecular complexity index is 960. The number of carbonyl (C=O) groups is 1. The Hall–Kier alpha value is -1.96. The highest BCUT2D eigenvalue weighted by Crippen LogP contribution is 2.26. The van der Waals surface area contributed by atoms with E-state index in [0.717, 1.165) is 16.7 Å². The highest BCUT2D eigenvalue weighted by molar-refractivity contribution is 7.89. The quantitative estimate of drug-likeness (QED) is 0.784. The summed E-state index contributed by atoms with van der Waals surface area (Å²) in [5, 5.41) is 0.444. The number of carbonyl (C=O) groups excluding carboxylic acids is 1. The molecule has 27 heavy (non-hydrogen) atoms. The van der Waals surface area contributed by atoms with Crippen LogP contribution in [0, 0.1) is 20.8 Å². The monoisotopic (exact) mass is 407 g/mol. The summed E-state index contributed by atoms with van der Waals surface area (Å²) < 4.78 is 27.7. The van der Waals surface area contributed by atoms with Gasteiger partial charge in [0.25, 0.3) is 5.91 Å². The second-order valence-electron chi connectivity index (χ2n) is 6.78. The fraction of sp³-hybridized carbons (Fsp3) is 0.368. The third-order valence-corrected chi connectivity index (χ3v) is 7.11. The van der Waals surface area contributed by atoms with Crippen molar-refractivity contribution in [2.45, 2.75) is 25.7 Å². The molecule has 8 heteroatoms. The molecule has 2 aromatic rings. The van der Waals surface area contributed by atoms with Gasteiger partial charge in [0.05, 0.1) is 4.90 Å². The lowest BCUT2D eigenvalue weighted by Crippen LogP contribution is -2.50. The van der Waals surface area contributed by atoms with Crippen LogP contribution in [0.1, 0.15) is 27.2 Å². The third kappa shape index (κ3) is 4.00. The van der Waals surface area contributed by atoms with E-state index in [9.17, 15) is 13.2 Å². The largest absolute Gasteiger partial charge is 0.335 e. The van der Waals surface area contributed by atoms with E-state index in [0.29, 0.717) is 23.0 Å². The minimum absolute atomic E-state index is 0.239. The number of halogens is 1. The van der Waals surface area contributed by atoms with Gasteiger partial charge in [0, 0.05) is 37.4 Å². The molecule has 2 heterocycles. The molecule has 0 saturated carbocycles. The molecule has 0 unspecified atom stereocenters. The maximum atomic E-state index is 13.1. The zero-order valence-electron chi connectivity index (χ0n) is 15.6. The van der Waals surface area contributed by atoms with Gasteiger partial charge in [0.15, 0.2) is 0 Å². The van der Waals surface area contributed by atoms with E-state index >= 15 is 0 Å². The summed E-state index contributed by atoms with van der Waals surface area (Å²) >= 11 is 5.92. The van der Waals surface area contributed by atoms with E-state index in [1.54, 1.807) is 11.0 Å². The Kier molecular flexibility index (Phi) is 5.55. The SMILES string of the molecule is Cc1cc(C)c(S(=O)(=O)N2CCN(C(=O)c3cc(Cl)ccn3)CC2)c(C)c1. The number of hydrogen-bond donors (Lipinski definition) is 0. The van der Waals surface area contributed by atoms with E-state index in [1.807, 2.05) is 32.9 Å². The molecule has 1 saturated heterocycles. The van der Waals surface area contributed by atoms with E-state index in [-0.39, 0.29) is 24.7 Å². The minimum Gasteiger partial charge on any atom is -0.335 e. The Morgan fingerprint density at radius 1 is 1.04 bits per heavy atom. The van der Waals surface area contributed by atoms with Gasteiger partial charge in [0.2, 0.25) is 10.0 Å². The summed E-state index contributed by atoms with van der Waals surface area (Å²) in [7, 11) is -3.60. The topological polar surface area (TPSA) is 70.6 Å². The van der Waals surface area contributed by atoms with E-state index in [2.05, 4.69) is 4.98 Å². The van der Waals surface area contributed by atoms with Gasteiger partial charge in [-0.05, 0) is 44.0 Å². The molecule has 1 aliphatic rings. The van der Waals surface area contributed by atoms with Crippen LogP contribution in [-0.2, 0) is 10.0 Å². The third-order valence-electron chi connectivity index (χ3n) is 4.67. The average Bonchev–Trinajstić information content (AvgIpc) is 2.60. The average molecular weight is 408 g/mol. The number of aryl methyl sites for hydroxylation is 3. The van der Waals surface area contributed by atoms with Gasteiger partial charge < -0.3 is 4.90 Å². The van der Waals surface area contributed by atoms with Crippen molar-refractivity contribution >= 4 is 27.5 Å². The van der Waals surface area contributed by atoms with Crippen molar-refractivity contribution < 1.29 is 13.2 Å². The molecule has 1 amide bonds. The zero-order chi connectivity index (χ0) is 19.8. The van der Waals surface area contributed by atoms with Gasteiger partial charge in [0.1, 0.15) is 5.69 Å². The fourth-order valence-corrected chi connectivity index (χ4v) is 5.51. The molecule has 3 rings (SSSR count). The number of benzene rings is 1. The number of piperazine rings is 1. The van der Waals surface area contributed by atoms with Crippen LogP contribution in [0.15, 0.2) is 35.4 Å². The lowest BCUT2D eigenvalue weighted by molar-refractivity contribution is 0.0692. The highest BCUT2D eigenvalue weighted by atomic mass is 35.5. The molecule has 0 atom stereocenters. The predicted molar refractivity (Wildman–Crippen MR) is 105 cm³/mol. The molecule has 6 nitrogen and oxygen atoms in total. The van der Waals surface area contributed by atoms with Gasteiger partial charge in [-0.2, -0.15) is 4.31 Å². The van der Waals surface area contributed by atoms with Gasteiger partial charge in [-0.15, -0.1) is 0 Å². The molecule has 0 spiro atoms. The van der Waals surface area contributed by atoms with Crippen molar-refractivity contribution in [3.05, 3.63) is 57.9 Å². The van der Waals surface area contributed by atoms with Crippen molar-refractivity contribution in [3.8, 4) is 0 Å². The highest BCUT2D eigenvalue weighted by Gasteiger charge is 2.32. The Morgan fingerprint density at radius 3 is 2.19 bits per heavy atom. The number of nitrogens with zero attached hydrogens (tertiary/aromatic N) is 3. The van der Waals surface area contributed by atoms with Crippen LogP contribution in [0.2, 0.25) is 5.02 Å². The summed E-state index contributed by atoms with van der Waals surface area (Å²) in [6.07, 6.45) is 1.49. The van der Waals surface area contributed by atoms with Crippen LogP contribution >= 0.6 is 11.6 Å². The molecular weight excluding hydrogens is 386 g/mol. The van der Waals surface area contributed by atoms with Crippen molar-refractivity contribution in [1.29, 1.82) is 0 Å². The lowest BCUT2D eigenvalue weighted by atomic mass is 10.1. The Balaban J connectivity index is 1.76. The molecule has 1 fully saturated rings. The number of sulfonamides is 1. The maximum Gasteiger partial charge on any atom is 0.272 e. The Labute approximate surface area is 164 Å². The van der Waals surface area contributed by atoms with Gasteiger partial charge in [-0.25, -0.2) is 8.42 Å². The van der Waals surface area contributed by atoms with E-state index in [4.69, 9.17) is 11.6 Å². The summed E-state index contributed by atoms with van der Waals surface area (Å²) in [5.74, 6) is -0.239. The molecule has 0 radical (unpaired) electrons. The number of pyridine rings is 1. The van der Waals surface area contributed by atoms with Crippen LogP contribution < -0.4 is 0 Å². The smallest absolute Gasteiger partial charge is 0.272 e. The van der Waals surface area contributed by atoms with Crippen molar-refractivity contribution in [2.24, 2.45) is 0 Å². The lowest BCUT2D eigenvalue weighted by Gasteiger charge is -2.34. The molecule has 0 bridgehead atoms. The van der Waals surface area contributed by atoms with Crippen LogP contribution in [-0.4, -0.2) is 54.7 Å². The van der Waals surface area contributed by atoms with Gasteiger partial charge in [-0.3, -0.25) is 9.78 Å². The number of hydrogen-bond acceptors (Lipinski definition) is 4. The maximum absolute atomic E-state index is 13.1. The molecule has 1 aliphatic heterocycles. The normalized spacial score (nSPS) is 15.8. The summed E-state index contributed by atoms with van der Waals surface area (Å²) in [6.45, 7) is 6.72. The molecule has 144 valence electrons. The second-order valence-corrected chi connectivity index (χ2v) is 9.09. The minimum atomic E-state index is -3.60. The van der Waals surface area contributed by atoms with Crippen LogP contribution in [0.3, 0.4) is 0 Å². The first kappa shape index (κ1) is 19.8. The first-order valence-electron chi connectivity index (χ1n) is 8.69. The van der Waals surface area contributed by atoms with E-state index < -0.39 is 10.0 Å². The van der Waals surface area contributed by atoms with Crippen molar-refractivity contribution in [2.75, 3.05) is 26.2 Å². The van der Waals surface area contributed by atoms with Crippen molar-refractivity contribution in [3.63, 3.8) is 0 Å².